The van der Waals surface area contributed by atoms with Crippen LogP contribution in [0.5, 0.6) is 0 Å². The van der Waals surface area contributed by atoms with E-state index in [1.807, 2.05) is 0 Å². The van der Waals surface area contributed by atoms with Gasteiger partial charge in [0.2, 0.25) is 0 Å². The number of rotatable bonds is 0. The predicted molar refractivity (Wildman–Crippen MR) is 5.61 cm³/mol. The molecule has 0 saturated heterocycles. The van der Waals surface area contributed by atoms with Gasteiger partial charge >= 0.3 is 18.9 Å². The molecule has 0 aromatic heterocycles. The minimum Gasteiger partial charge on any atom is -0.812 e. The zero-order valence-electron chi connectivity index (χ0n) is 2.36. The van der Waals surface area contributed by atoms with Crippen LogP contribution in [0.4, 0.5) is 0 Å². The van der Waals surface area contributed by atoms with Crippen LogP contribution in [0.3, 0.4) is 0 Å². The summed E-state index contributed by atoms with van der Waals surface area (Å²) in [4.78, 5) is 0. The summed E-state index contributed by atoms with van der Waals surface area (Å²) < 4.78 is 0. The van der Waals surface area contributed by atoms with Crippen molar-refractivity contribution in [3.8, 4) is 6.26 Å². The summed E-state index contributed by atoms with van der Waals surface area (Å²) >= 11 is 0. The Bertz CT molecular complexity index is 29.5. The molecule has 3 heteroatoms. The van der Waals surface area contributed by atoms with Gasteiger partial charge in [0, 0.05) is 6.26 Å². The van der Waals surface area contributed by atoms with E-state index < -0.39 is 0 Å². The summed E-state index contributed by atoms with van der Waals surface area (Å²) in [5.74, 6) is 0. The molecule has 0 unspecified atom stereocenters. The van der Waals surface area contributed by atoms with Crippen molar-refractivity contribution in [3.05, 3.63) is 0 Å². The van der Waals surface area contributed by atoms with E-state index in [0.717, 1.165) is 0 Å². The molecule has 0 saturated carbocycles. The van der Waals surface area contributed by atoms with E-state index in [-0.39, 0.29) is 18.9 Å². The molecule has 0 atom stereocenters. The molecule has 0 aliphatic carbocycles. The molecule has 0 aliphatic rings. The third-order valence-electron chi connectivity index (χ3n) is 0. The van der Waals surface area contributed by atoms with Gasteiger partial charge in [-0.3, -0.25) is 0 Å². The molecule has 4 heavy (non-hydrogen) atoms. The quantitative estimate of drug-likeness (QED) is 0.206. The van der Waals surface area contributed by atoms with Crippen LogP contribution in [0.1, 0.15) is 0 Å². The molecule has 0 heterocycles. The summed E-state index contributed by atoms with van der Waals surface area (Å²) in [5, 5.41) is 15.0. The van der Waals surface area contributed by atoms with Crippen LogP contribution in [-0.4, -0.2) is 0 Å². The van der Waals surface area contributed by atoms with E-state index in [4.69, 9.17) is 10.4 Å². The van der Waals surface area contributed by atoms with Crippen molar-refractivity contribution in [2.24, 2.45) is 0 Å². The minimum absolute atomic E-state index is 0. The Labute approximate surface area is 36.2 Å². The summed E-state index contributed by atoms with van der Waals surface area (Å²) in [6.07, 6.45) is 0.500. The van der Waals surface area contributed by atoms with Gasteiger partial charge in [-0.2, -0.15) is 0 Å². The van der Waals surface area contributed by atoms with Gasteiger partial charge in [0.25, 0.3) is 0 Å². The first-order valence-electron chi connectivity index (χ1n) is 0.428. The second-order valence-corrected chi connectivity index (χ2v) is 0.0913. The molecule has 0 rings (SSSR count). The first-order chi connectivity index (χ1) is 1.41. The second kappa shape index (κ2) is 13.1. The van der Waals surface area contributed by atoms with E-state index in [1.54, 1.807) is 0 Å². The summed E-state index contributed by atoms with van der Waals surface area (Å²) in [7, 11) is 0. The number of nitrogens with zero attached hydrogens (tertiary/aromatic N) is 1. The predicted octanol–water partition coefficient (Wildman–Crippen LogP) is -4.17. The molecule has 0 aromatic carbocycles. The number of nitriles is 1. The zero-order valence-corrected chi connectivity index (χ0v) is 2.36. The fourth-order valence-corrected chi connectivity index (χ4v) is 0. The topological polar surface area (TPSA) is 46.8 Å². The molecule has 0 bridgehead atoms. The van der Waals surface area contributed by atoms with E-state index >= 15 is 0 Å². The maximum absolute atomic E-state index is 8.24. The van der Waals surface area contributed by atoms with Crippen molar-refractivity contribution in [1.29, 1.82) is 5.26 Å². The molecular weight excluding hydrogens is 49.0 g/mol. The maximum Gasteiger partial charge on any atom is 1.00 e. The van der Waals surface area contributed by atoms with Gasteiger partial charge in [0.15, 0.2) is 0 Å². The van der Waals surface area contributed by atoms with Crippen LogP contribution in [0.15, 0.2) is 0 Å². The van der Waals surface area contributed by atoms with Gasteiger partial charge in [0.1, 0.15) is 0 Å². The Hall–Kier alpha value is -0.113. The van der Waals surface area contributed by atoms with E-state index in [0.29, 0.717) is 6.26 Å². The average Bonchev–Trinajstić information content (AvgIpc) is 0.918. The summed E-state index contributed by atoms with van der Waals surface area (Å²) in [5.41, 5.74) is 0. The van der Waals surface area contributed by atoms with Crippen LogP contribution in [0, 0.1) is 11.5 Å². The standard InChI is InChI=1S/CHNO.Li/c2-1-3;/h3H;/q;+1/p-1. The Morgan fingerprint density at radius 3 is 1.75 bits per heavy atom. The third-order valence-corrected chi connectivity index (χ3v) is 0. The van der Waals surface area contributed by atoms with Crippen molar-refractivity contribution < 1.29 is 24.0 Å². The summed E-state index contributed by atoms with van der Waals surface area (Å²) in [6, 6.07) is 0. The first kappa shape index (κ1) is 9.10. The first-order valence-corrected chi connectivity index (χ1v) is 0.428. The molecule has 2 nitrogen and oxygen atoms in total. The van der Waals surface area contributed by atoms with E-state index in [9.17, 15) is 0 Å². The normalized spacial score (nSPS) is 1.75. The molecule has 0 amide bonds. The monoisotopic (exact) mass is 49.0 g/mol. The number of hydrogen-bond donors (Lipinski definition) is 0. The van der Waals surface area contributed by atoms with Gasteiger partial charge in [0.05, 0.1) is 0 Å². The minimum atomic E-state index is 0. The smallest absolute Gasteiger partial charge is 0.812 e. The fourth-order valence-electron chi connectivity index (χ4n) is 0. The molecule has 0 aliphatic heterocycles. The van der Waals surface area contributed by atoms with Gasteiger partial charge in [-0.1, -0.05) is 0 Å². The molecule has 16 valence electrons. The molecule has 0 radical (unpaired) electrons. The van der Waals surface area contributed by atoms with Gasteiger partial charge < -0.3 is 5.11 Å². The van der Waals surface area contributed by atoms with Crippen molar-refractivity contribution in [1.82, 2.24) is 0 Å². The van der Waals surface area contributed by atoms with E-state index in [2.05, 4.69) is 0 Å². The Morgan fingerprint density at radius 1 is 1.75 bits per heavy atom. The van der Waals surface area contributed by atoms with Gasteiger partial charge in [-0.05, 0) is 0 Å². The zero-order chi connectivity index (χ0) is 2.71. The van der Waals surface area contributed by atoms with Gasteiger partial charge in [-0.15, -0.1) is 0 Å². The molecule has 0 aromatic rings. The molecule has 0 spiro atoms. The summed E-state index contributed by atoms with van der Waals surface area (Å²) in [6.45, 7) is 0. The van der Waals surface area contributed by atoms with Crippen LogP contribution in [0.25, 0.3) is 0 Å². The number of hydrogen-bond acceptors (Lipinski definition) is 2. The van der Waals surface area contributed by atoms with Crippen molar-refractivity contribution in [2.45, 2.75) is 0 Å². The fraction of sp³-hybridized carbons (Fsp3) is 0. The average molecular weight is 49.0 g/mol. The SMILES string of the molecule is N#C[O-].[Li+]. The Kier molecular flexibility index (Phi) is 29.7. The Balaban J connectivity index is 0. The van der Waals surface area contributed by atoms with Crippen molar-refractivity contribution >= 4 is 0 Å². The molecule has 0 N–H and O–H groups in total. The van der Waals surface area contributed by atoms with Crippen molar-refractivity contribution in [2.75, 3.05) is 0 Å². The van der Waals surface area contributed by atoms with Crippen LogP contribution in [0.2, 0.25) is 0 Å². The van der Waals surface area contributed by atoms with E-state index in [1.165, 1.54) is 0 Å². The largest absolute Gasteiger partial charge is 1.00 e. The second-order valence-electron chi connectivity index (χ2n) is 0.0913. The molecule has 0 fully saturated rings. The third kappa shape index (κ3) is 117. The van der Waals surface area contributed by atoms with Crippen LogP contribution in [-0.2, 0) is 0 Å². The maximum atomic E-state index is 8.24. The van der Waals surface area contributed by atoms with Crippen LogP contribution < -0.4 is 24.0 Å². The molecular formula is CLiNO. The van der Waals surface area contributed by atoms with Crippen LogP contribution >= 0.6 is 0 Å². The van der Waals surface area contributed by atoms with Gasteiger partial charge in [-0.25, -0.2) is 5.26 Å². The Morgan fingerprint density at radius 2 is 1.75 bits per heavy atom. The van der Waals surface area contributed by atoms with Crippen molar-refractivity contribution in [3.63, 3.8) is 0 Å².